The molecule has 1 amide bonds. The summed E-state index contributed by atoms with van der Waals surface area (Å²) in [6.45, 7) is 3.23. The lowest BCUT2D eigenvalue weighted by Crippen LogP contribution is -2.26. The number of hydrogen-bond donors (Lipinski definition) is 2. The van der Waals surface area contributed by atoms with Crippen molar-refractivity contribution in [2.45, 2.75) is 19.9 Å². The van der Waals surface area contributed by atoms with Gasteiger partial charge in [-0.3, -0.25) is 9.89 Å². The Balaban J connectivity index is 1.60. The van der Waals surface area contributed by atoms with Gasteiger partial charge in [-0.25, -0.2) is 4.68 Å². The molecule has 25 heavy (non-hydrogen) atoms. The first-order chi connectivity index (χ1) is 12.1. The van der Waals surface area contributed by atoms with Crippen LogP contribution in [0.1, 0.15) is 23.1 Å². The number of H-pyrrole nitrogens is 1. The predicted octanol–water partition coefficient (Wildman–Crippen LogP) is 2.88. The van der Waals surface area contributed by atoms with Gasteiger partial charge in [0.15, 0.2) is 4.77 Å². The van der Waals surface area contributed by atoms with Gasteiger partial charge >= 0.3 is 0 Å². The zero-order chi connectivity index (χ0) is 17.8. The topological polar surface area (TPSA) is 80.5 Å². The first-order valence-electron chi connectivity index (χ1n) is 7.81. The zero-order valence-electron chi connectivity index (χ0n) is 13.6. The average molecular weight is 421 g/mol. The quantitative estimate of drug-likeness (QED) is 0.600. The minimum atomic E-state index is -0.166. The number of nitrogens with zero attached hydrogens (tertiary/aromatic N) is 4. The molecule has 2 N–H and O–H groups in total. The van der Waals surface area contributed by atoms with E-state index in [1.807, 2.05) is 35.8 Å². The molecule has 0 aliphatic carbocycles. The number of nitrogens with one attached hydrogen (secondary N) is 2. The molecular formula is C16H17BrN6OS. The molecule has 0 aliphatic rings. The van der Waals surface area contributed by atoms with Gasteiger partial charge in [-0.05, 0) is 43.4 Å². The van der Waals surface area contributed by atoms with Crippen molar-refractivity contribution >= 4 is 34.1 Å². The first kappa shape index (κ1) is 17.6. The lowest BCUT2D eigenvalue weighted by molar-refractivity contribution is 0.0954. The largest absolute Gasteiger partial charge is 0.351 e. The number of halogens is 1. The van der Waals surface area contributed by atoms with E-state index in [1.54, 1.807) is 17.1 Å². The van der Waals surface area contributed by atoms with Crippen molar-refractivity contribution < 1.29 is 4.79 Å². The van der Waals surface area contributed by atoms with Crippen LogP contribution in [0.2, 0.25) is 0 Å². The van der Waals surface area contributed by atoms with E-state index in [1.165, 1.54) is 0 Å². The van der Waals surface area contributed by atoms with Gasteiger partial charge < -0.3 is 9.88 Å². The van der Waals surface area contributed by atoms with E-state index in [-0.39, 0.29) is 5.91 Å². The van der Waals surface area contributed by atoms with Gasteiger partial charge in [0.2, 0.25) is 0 Å². The maximum atomic E-state index is 12.3. The van der Waals surface area contributed by atoms with Crippen molar-refractivity contribution in [3.05, 3.63) is 57.3 Å². The minimum Gasteiger partial charge on any atom is -0.351 e. The Bertz CT molecular complexity index is 927. The molecule has 0 saturated heterocycles. The van der Waals surface area contributed by atoms with E-state index in [0.29, 0.717) is 23.3 Å². The molecule has 9 heteroatoms. The molecule has 130 valence electrons. The maximum Gasteiger partial charge on any atom is 0.254 e. The average Bonchev–Trinajstić information content (AvgIpc) is 3.22. The summed E-state index contributed by atoms with van der Waals surface area (Å²) in [5.41, 5.74) is 1.40. The summed E-state index contributed by atoms with van der Waals surface area (Å²) in [4.78, 5) is 12.3. The Morgan fingerprint density at radius 1 is 1.36 bits per heavy atom. The summed E-state index contributed by atoms with van der Waals surface area (Å²) < 4.78 is 5.17. The van der Waals surface area contributed by atoms with Crippen LogP contribution in [0.5, 0.6) is 0 Å². The van der Waals surface area contributed by atoms with Gasteiger partial charge in [-0.1, -0.05) is 15.9 Å². The molecule has 7 nitrogen and oxygen atoms in total. The third kappa shape index (κ3) is 4.05. The highest BCUT2D eigenvalue weighted by atomic mass is 79.9. The lowest BCUT2D eigenvalue weighted by Gasteiger charge is -2.05. The molecule has 2 heterocycles. The van der Waals surface area contributed by atoms with Crippen LogP contribution in [0, 0.1) is 4.77 Å². The summed E-state index contributed by atoms with van der Waals surface area (Å²) in [5.74, 6) is 0.666. The molecule has 0 spiro atoms. The number of benzene rings is 1. The third-order valence-corrected chi connectivity index (χ3v) is 4.56. The van der Waals surface area contributed by atoms with Crippen molar-refractivity contribution in [2.75, 3.05) is 6.54 Å². The molecule has 0 unspecified atom stereocenters. The fourth-order valence-corrected chi connectivity index (χ4v) is 2.98. The minimum absolute atomic E-state index is 0.166. The molecule has 0 radical (unpaired) electrons. The van der Waals surface area contributed by atoms with Gasteiger partial charge in [0.05, 0.1) is 17.4 Å². The molecule has 0 atom stereocenters. The summed E-state index contributed by atoms with van der Waals surface area (Å²) >= 11 is 8.55. The van der Waals surface area contributed by atoms with Crippen LogP contribution in [0.15, 0.2) is 41.1 Å². The Morgan fingerprint density at radius 2 is 2.12 bits per heavy atom. The Morgan fingerprint density at radius 3 is 2.84 bits per heavy atom. The van der Waals surface area contributed by atoms with E-state index in [9.17, 15) is 4.79 Å². The molecule has 0 fully saturated rings. The van der Waals surface area contributed by atoms with Crippen LogP contribution in [0.25, 0.3) is 5.69 Å². The van der Waals surface area contributed by atoms with Crippen molar-refractivity contribution in [3.63, 3.8) is 0 Å². The highest BCUT2D eigenvalue weighted by Gasteiger charge is 2.10. The number of aromatic nitrogens is 5. The van der Waals surface area contributed by atoms with E-state index in [4.69, 9.17) is 12.2 Å². The second-order valence-corrected chi connectivity index (χ2v) is 6.65. The molecule has 3 aromatic rings. The number of amides is 1. The van der Waals surface area contributed by atoms with Crippen molar-refractivity contribution in [1.82, 2.24) is 29.9 Å². The summed E-state index contributed by atoms with van der Waals surface area (Å²) in [6.07, 6.45) is 3.87. The number of carbonyl (C=O) groups is 1. The van der Waals surface area contributed by atoms with Crippen molar-refractivity contribution in [2.24, 2.45) is 0 Å². The smallest absolute Gasteiger partial charge is 0.254 e. The van der Waals surface area contributed by atoms with E-state index in [2.05, 4.69) is 36.5 Å². The van der Waals surface area contributed by atoms with Gasteiger partial charge in [0.1, 0.15) is 5.82 Å². The highest BCUT2D eigenvalue weighted by Crippen LogP contribution is 2.14. The zero-order valence-corrected chi connectivity index (χ0v) is 16.0. The number of carbonyl (C=O) groups excluding carboxylic acids is 1. The van der Waals surface area contributed by atoms with Gasteiger partial charge in [0.25, 0.3) is 5.91 Å². The van der Waals surface area contributed by atoms with E-state index < -0.39 is 0 Å². The fourth-order valence-electron chi connectivity index (χ4n) is 2.43. The van der Waals surface area contributed by atoms with Crippen LogP contribution in [-0.2, 0) is 13.0 Å². The summed E-state index contributed by atoms with van der Waals surface area (Å²) in [7, 11) is 0. The predicted molar refractivity (Wildman–Crippen MR) is 100 cm³/mol. The van der Waals surface area contributed by atoms with Gasteiger partial charge in [-0.15, -0.1) is 0 Å². The van der Waals surface area contributed by atoms with Crippen LogP contribution in [0.4, 0.5) is 0 Å². The number of aromatic amines is 1. The lowest BCUT2D eigenvalue weighted by atomic mass is 10.3. The van der Waals surface area contributed by atoms with E-state index >= 15 is 0 Å². The first-order valence-corrected chi connectivity index (χ1v) is 9.01. The number of hydrogen-bond acceptors (Lipinski definition) is 4. The van der Waals surface area contributed by atoms with E-state index in [0.717, 1.165) is 22.5 Å². The normalized spacial score (nSPS) is 10.8. The third-order valence-electron chi connectivity index (χ3n) is 3.72. The Labute approximate surface area is 158 Å². The molecule has 3 rings (SSSR count). The number of rotatable bonds is 6. The summed E-state index contributed by atoms with van der Waals surface area (Å²) in [6, 6.07) is 7.70. The Hall–Kier alpha value is -2.26. The fraction of sp³-hybridized carbons (Fsp3) is 0.250. The molecular weight excluding hydrogens is 404 g/mol. The molecule has 0 aliphatic heterocycles. The van der Waals surface area contributed by atoms with Crippen LogP contribution >= 0.6 is 28.1 Å². The highest BCUT2D eigenvalue weighted by molar-refractivity contribution is 9.10. The van der Waals surface area contributed by atoms with Gasteiger partial charge in [0, 0.05) is 30.2 Å². The maximum absolute atomic E-state index is 12.3. The summed E-state index contributed by atoms with van der Waals surface area (Å²) in [5, 5.41) is 14.1. The Kier molecular flexibility index (Phi) is 5.44. The standard InChI is InChI=1S/C16H17BrN6OS/c1-2-22-14(20-21-16(22)25)7-8-18-15(24)11-9-19-23(10-11)13-5-3-12(17)4-6-13/h3-6,9-10H,2,7-8H2,1H3,(H,18,24)(H,21,25). The molecule has 0 saturated carbocycles. The van der Waals surface area contributed by atoms with Crippen LogP contribution in [-0.4, -0.2) is 37.0 Å². The molecule has 2 aromatic heterocycles. The van der Waals surface area contributed by atoms with Crippen molar-refractivity contribution in [1.29, 1.82) is 0 Å². The van der Waals surface area contributed by atoms with Crippen LogP contribution in [0.3, 0.4) is 0 Å². The molecule has 1 aromatic carbocycles. The second-order valence-electron chi connectivity index (χ2n) is 5.35. The van der Waals surface area contributed by atoms with Crippen molar-refractivity contribution in [3.8, 4) is 5.69 Å². The monoisotopic (exact) mass is 420 g/mol. The molecule has 0 bridgehead atoms. The van der Waals surface area contributed by atoms with Gasteiger partial charge in [-0.2, -0.15) is 10.2 Å². The second kappa shape index (κ2) is 7.75. The van der Waals surface area contributed by atoms with Crippen LogP contribution < -0.4 is 5.32 Å². The SMILES string of the molecule is CCn1c(CCNC(=O)c2cnn(-c3ccc(Br)cc3)c2)n[nH]c1=S.